The third-order valence-electron chi connectivity index (χ3n) is 2.83. The van der Waals surface area contributed by atoms with Gasteiger partial charge in [0, 0.05) is 27.1 Å². The van der Waals surface area contributed by atoms with Gasteiger partial charge in [-0.3, -0.25) is 0 Å². The first kappa shape index (κ1) is 15.1. The normalized spacial score (nSPS) is 11.7. The van der Waals surface area contributed by atoms with E-state index in [4.69, 9.17) is 19.9 Å². The summed E-state index contributed by atoms with van der Waals surface area (Å²) in [4.78, 5) is 0. The van der Waals surface area contributed by atoms with Crippen LogP contribution >= 0.6 is 0 Å². The molecule has 0 atom stereocenters. The Bertz CT molecular complexity index is 308. The van der Waals surface area contributed by atoms with E-state index >= 15 is 0 Å². The summed E-state index contributed by atoms with van der Waals surface area (Å²) in [6, 6.07) is 10.00. The number of hydrogen-bond acceptors (Lipinski definition) is 4. The van der Waals surface area contributed by atoms with Crippen molar-refractivity contribution in [3.8, 4) is 0 Å². The largest absolute Gasteiger partial charge is 0.385 e. The molecular formula is C14H23NO3. The van der Waals surface area contributed by atoms with Crippen LogP contribution in [0.3, 0.4) is 0 Å². The second kappa shape index (κ2) is 8.21. The van der Waals surface area contributed by atoms with Crippen LogP contribution in [0.1, 0.15) is 18.4 Å². The molecule has 2 N–H and O–H groups in total. The van der Waals surface area contributed by atoms with Crippen LogP contribution in [0.15, 0.2) is 30.3 Å². The Labute approximate surface area is 109 Å². The Morgan fingerprint density at radius 2 is 1.56 bits per heavy atom. The van der Waals surface area contributed by atoms with E-state index in [1.807, 2.05) is 30.3 Å². The number of nitrogens with two attached hydrogens (primary N) is 1. The van der Waals surface area contributed by atoms with Crippen molar-refractivity contribution in [3.05, 3.63) is 35.9 Å². The van der Waals surface area contributed by atoms with Crippen LogP contribution in [-0.2, 0) is 20.8 Å². The van der Waals surface area contributed by atoms with Crippen LogP contribution in [0.25, 0.3) is 0 Å². The van der Waals surface area contributed by atoms with Gasteiger partial charge in [-0.1, -0.05) is 30.3 Å². The molecule has 0 amide bonds. The summed E-state index contributed by atoms with van der Waals surface area (Å²) in [5, 5.41) is 0. The summed E-state index contributed by atoms with van der Waals surface area (Å²) in [5.74, 6) is 0. The van der Waals surface area contributed by atoms with Crippen LogP contribution in [-0.4, -0.2) is 33.2 Å². The molecule has 0 radical (unpaired) electrons. The molecule has 1 aromatic carbocycles. The molecule has 0 heterocycles. The quantitative estimate of drug-likeness (QED) is 0.683. The molecule has 4 heteroatoms. The van der Waals surface area contributed by atoms with E-state index in [-0.39, 0.29) is 0 Å². The first-order chi connectivity index (χ1) is 8.70. The van der Waals surface area contributed by atoms with Gasteiger partial charge in [0.1, 0.15) is 5.72 Å². The monoisotopic (exact) mass is 253 g/mol. The lowest BCUT2D eigenvalue weighted by Gasteiger charge is -2.29. The number of ether oxygens (including phenoxy) is 3. The van der Waals surface area contributed by atoms with Crippen molar-refractivity contribution in [2.24, 2.45) is 5.73 Å². The second-order valence-electron chi connectivity index (χ2n) is 4.32. The van der Waals surface area contributed by atoms with Crippen molar-refractivity contribution in [3.63, 3.8) is 0 Å². The molecule has 0 aromatic heterocycles. The maximum absolute atomic E-state index is 6.24. The molecule has 0 aliphatic rings. The molecule has 0 bridgehead atoms. The predicted molar refractivity (Wildman–Crippen MR) is 71.1 cm³/mol. The molecule has 4 nitrogen and oxygen atoms in total. The van der Waals surface area contributed by atoms with E-state index in [0.29, 0.717) is 32.7 Å². The van der Waals surface area contributed by atoms with Gasteiger partial charge in [0.25, 0.3) is 0 Å². The van der Waals surface area contributed by atoms with Crippen molar-refractivity contribution in [1.82, 2.24) is 0 Å². The molecule has 0 saturated carbocycles. The maximum atomic E-state index is 6.24. The van der Waals surface area contributed by atoms with E-state index in [9.17, 15) is 0 Å². The van der Waals surface area contributed by atoms with Crippen molar-refractivity contribution < 1.29 is 14.2 Å². The number of methoxy groups -OCH3 is 2. The summed E-state index contributed by atoms with van der Waals surface area (Å²) in [6.07, 6.45) is 1.30. The highest BCUT2D eigenvalue weighted by Crippen LogP contribution is 2.17. The Hall–Kier alpha value is -0.940. The van der Waals surface area contributed by atoms with Crippen LogP contribution in [0.4, 0.5) is 0 Å². The Morgan fingerprint density at radius 3 is 2.06 bits per heavy atom. The van der Waals surface area contributed by atoms with E-state index in [2.05, 4.69) is 0 Å². The zero-order valence-corrected chi connectivity index (χ0v) is 11.2. The molecule has 1 aromatic rings. The fraction of sp³-hybridized carbons (Fsp3) is 0.571. The van der Waals surface area contributed by atoms with Gasteiger partial charge in [-0.05, 0) is 5.56 Å². The zero-order chi connectivity index (χ0) is 13.3. The molecule has 1 rings (SSSR count). The van der Waals surface area contributed by atoms with Crippen molar-refractivity contribution in [2.75, 3.05) is 27.4 Å². The molecule has 0 saturated heterocycles. The van der Waals surface area contributed by atoms with Crippen molar-refractivity contribution in [1.29, 1.82) is 0 Å². The topological polar surface area (TPSA) is 53.7 Å². The van der Waals surface area contributed by atoms with Crippen molar-refractivity contribution >= 4 is 0 Å². The fourth-order valence-electron chi connectivity index (χ4n) is 1.62. The van der Waals surface area contributed by atoms with E-state index in [1.54, 1.807) is 14.2 Å². The standard InChI is InChI=1S/C14H23NO3/c1-16-10-8-14(15,9-11-17-2)18-12-13-6-4-3-5-7-13/h3-7H,8-12,15H2,1-2H3. The van der Waals surface area contributed by atoms with Gasteiger partial charge in [-0.15, -0.1) is 0 Å². The minimum Gasteiger partial charge on any atom is -0.385 e. The van der Waals surface area contributed by atoms with Gasteiger partial charge in [0.05, 0.1) is 19.8 Å². The first-order valence-electron chi connectivity index (χ1n) is 6.15. The van der Waals surface area contributed by atoms with Crippen LogP contribution < -0.4 is 5.73 Å². The molecule has 102 valence electrons. The third kappa shape index (κ3) is 5.60. The molecule has 0 fully saturated rings. The summed E-state index contributed by atoms with van der Waals surface area (Å²) >= 11 is 0. The highest BCUT2D eigenvalue weighted by atomic mass is 16.5. The minimum absolute atomic E-state index is 0.505. The molecule has 0 aliphatic heterocycles. The van der Waals surface area contributed by atoms with Crippen molar-refractivity contribution in [2.45, 2.75) is 25.2 Å². The smallest absolute Gasteiger partial charge is 0.121 e. The lowest BCUT2D eigenvalue weighted by molar-refractivity contribution is -0.0839. The fourth-order valence-corrected chi connectivity index (χ4v) is 1.62. The van der Waals surface area contributed by atoms with Crippen LogP contribution in [0.5, 0.6) is 0 Å². The van der Waals surface area contributed by atoms with Crippen LogP contribution in [0.2, 0.25) is 0 Å². The molecule has 18 heavy (non-hydrogen) atoms. The molecule has 0 unspecified atom stereocenters. The summed E-state index contributed by atoms with van der Waals surface area (Å²) in [5.41, 5.74) is 6.66. The van der Waals surface area contributed by atoms with Crippen LogP contribution in [0, 0.1) is 0 Å². The minimum atomic E-state index is -0.693. The third-order valence-corrected chi connectivity index (χ3v) is 2.83. The van der Waals surface area contributed by atoms with E-state index in [0.717, 1.165) is 5.56 Å². The van der Waals surface area contributed by atoms with Gasteiger partial charge in [-0.25, -0.2) is 0 Å². The number of rotatable bonds is 9. The lowest BCUT2D eigenvalue weighted by atomic mass is 10.1. The average Bonchev–Trinajstić information content (AvgIpc) is 2.42. The Morgan fingerprint density at radius 1 is 1.00 bits per heavy atom. The Kier molecular flexibility index (Phi) is 6.90. The Balaban J connectivity index is 2.49. The SMILES string of the molecule is COCCC(N)(CCOC)OCc1ccccc1. The summed E-state index contributed by atoms with van der Waals surface area (Å²) < 4.78 is 16.0. The number of hydrogen-bond donors (Lipinski definition) is 1. The average molecular weight is 253 g/mol. The summed E-state index contributed by atoms with van der Waals surface area (Å²) in [7, 11) is 3.32. The first-order valence-corrected chi connectivity index (χ1v) is 6.15. The van der Waals surface area contributed by atoms with Gasteiger partial charge < -0.3 is 19.9 Å². The zero-order valence-electron chi connectivity index (χ0n) is 11.2. The van der Waals surface area contributed by atoms with Gasteiger partial charge in [-0.2, -0.15) is 0 Å². The van der Waals surface area contributed by atoms with Gasteiger partial charge in [0.15, 0.2) is 0 Å². The van der Waals surface area contributed by atoms with E-state index in [1.165, 1.54) is 0 Å². The molecule has 0 spiro atoms. The maximum Gasteiger partial charge on any atom is 0.121 e. The number of benzene rings is 1. The molecular weight excluding hydrogens is 230 g/mol. The van der Waals surface area contributed by atoms with E-state index < -0.39 is 5.72 Å². The predicted octanol–water partition coefficient (Wildman–Crippen LogP) is 1.93. The lowest BCUT2D eigenvalue weighted by Crippen LogP contribution is -2.44. The van der Waals surface area contributed by atoms with Gasteiger partial charge in [0.2, 0.25) is 0 Å². The highest BCUT2D eigenvalue weighted by Gasteiger charge is 2.25. The highest BCUT2D eigenvalue weighted by molar-refractivity contribution is 5.13. The summed E-state index contributed by atoms with van der Waals surface area (Å²) in [6.45, 7) is 1.66. The second-order valence-corrected chi connectivity index (χ2v) is 4.32. The molecule has 0 aliphatic carbocycles. The van der Waals surface area contributed by atoms with Gasteiger partial charge >= 0.3 is 0 Å².